The molecule has 0 unspecified atom stereocenters. The summed E-state index contributed by atoms with van der Waals surface area (Å²) < 4.78 is 10.2. The molecule has 0 radical (unpaired) electrons. The van der Waals surface area contributed by atoms with Crippen LogP contribution in [0.3, 0.4) is 0 Å². The second-order valence-electron chi connectivity index (χ2n) is 9.10. The number of carboxylic acids is 1. The first kappa shape index (κ1) is 21.3. The lowest BCUT2D eigenvalue weighted by atomic mass is 9.89. The number of nitrogens with zero attached hydrogens (tertiary/aromatic N) is 3. The molecule has 6 rings (SSSR count). The Kier molecular flexibility index (Phi) is 5.01. The van der Waals surface area contributed by atoms with E-state index in [0.717, 1.165) is 28.7 Å². The molecule has 2 aromatic carbocycles. The number of ether oxygens (including phenoxy) is 1. The molecular weight excluding hydrogens is 452 g/mol. The molecule has 178 valence electrons. The van der Waals surface area contributed by atoms with Crippen LogP contribution in [0, 0.1) is 5.92 Å². The summed E-state index contributed by atoms with van der Waals surface area (Å²) in [6.45, 7) is 0.102. The second-order valence-corrected chi connectivity index (χ2v) is 9.10. The van der Waals surface area contributed by atoms with Crippen molar-refractivity contribution < 1.29 is 28.9 Å². The number of benzene rings is 2. The maximum Gasteiger partial charge on any atom is 0.412 e. The van der Waals surface area contributed by atoms with Crippen LogP contribution in [0.15, 0.2) is 53.2 Å². The number of rotatable bonds is 5. The number of nitrogens with one attached hydrogen (secondary N) is 1. The zero-order chi connectivity index (χ0) is 24.1. The average Bonchev–Trinajstić information content (AvgIpc) is 3.64. The third-order valence-electron chi connectivity index (χ3n) is 7.34. The maximum atomic E-state index is 13.2. The fourth-order valence-corrected chi connectivity index (χ4v) is 5.83. The molecule has 35 heavy (non-hydrogen) atoms. The van der Waals surface area contributed by atoms with Crippen molar-refractivity contribution in [2.45, 2.75) is 37.3 Å². The number of carbonyl (C=O) groups is 3. The first-order valence-corrected chi connectivity index (χ1v) is 11.5. The Morgan fingerprint density at radius 3 is 2.37 bits per heavy atom. The van der Waals surface area contributed by atoms with Gasteiger partial charge in [0.15, 0.2) is 0 Å². The number of carboxylic acid groups (broad SMARTS) is 1. The van der Waals surface area contributed by atoms with Crippen LogP contribution in [0.1, 0.15) is 46.8 Å². The van der Waals surface area contributed by atoms with Gasteiger partial charge in [-0.15, -0.1) is 0 Å². The van der Waals surface area contributed by atoms with Gasteiger partial charge in [-0.05, 0) is 51.8 Å². The van der Waals surface area contributed by atoms with Crippen molar-refractivity contribution in [3.8, 4) is 11.1 Å². The number of anilines is 1. The van der Waals surface area contributed by atoms with Crippen molar-refractivity contribution in [3.05, 3.63) is 65.4 Å². The highest BCUT2D eigenvalue weighted by atomic mass is 16.6. The summed E-state index contributed by atoms with van der Waals surface area (Å²) in [5.41, 5.74) is 4.23. The standard InChI is InChI=1S/C25H22N4O6/c30-23(29-13-9-10-20(29)18(11-13)24(31)32)21-22(28-35-27-21)26-25(33)34-12-19-16-7-3-1-5-14(16)15-6-2-4-8-17(15)19/h1-8,13,18-20H,9-12H2,(H,31,32)(H,26,28,33)/t13-,18+,20+/m0/s1. The lowest BCUT2D eigenvalue weighted by molar-refractivity contribution is -0.142. The van der Waals surface area contributed by atoms with Crippen LogP contribution in [-0.2, 0) is 9.53 Å². The molecule has 3 aliphatic rings. The minimum atomic E-state index is -0.912. The van der Waals surface area contributed by atoms with Gasteiger partial charge in [0.1, 0.15) is 6.61 Å². The van der Waals surface area contributed by atoms with Crippen LogP contribution in [0.2, 0.25) is 0 Å². The van der Waals surface area contributed by atoms with Crippen molar-refractivity contribution in [2.75, 3.05) is 11.9 Å². The largest absolute Gasteiger partial charge is 0.481 e. The number of carbonyl (C=O) groups excluding carboxylic acids is 2. The summed E-state index contributed by atoms with van der Waals surface area (Å²) in [5, 5.41) is 19.3. The Hall–Kier alpha value is -4.21. The molecule has 1 aromatic heterocycles. The molecular formula is C25H22N4O6. The van der Waals surface area contributed by atoms with Gasteiger partial charge in [0.2, 0.25) is 11.5 Å². The zero-order valence-corrected chi connectivity index (χ0v) is 18.6. The third kappa shape index (κ3) is 3.44. The summed E-state index contributed by atoms with van der Waals surface area (Å²) in [4.78, 5) is 38.9. The number of aromatic nitrogens is 2. The Morgan fingerprint density at radius 1 is 1.03 bits per heavy atom. The second kappa shape index (κ2) is 8.23. The highest BCUT2D eigenvalue weighted by Crippen LogP contribution is 2.45. The van der Waals surface area contributed by atoms with E-state index in [1.54, 1.807) is 4.90 Å². The lowest BCUT2D eigenvalue weighted by Gasteiger charge is -2.22. The Balaban J connectivity index is 1.15. The van der Waals surface area contributed by atoms with E-state index < -0.39 is 29.9 Å². The summed E-state index contributed by atoms with van der Waals surface area (Å²) in [6, 6.07) is 15.4. The van der Waals surface area contributed by atoms with E-state index in [1.807, 2.05) is 48.5 Å². The first-order valence-electron chi connectivity index (χ1n) is 11.5. The molecule has 0 spiro atoms. The van der Waals surface area contributed by atoms with E-state index in [-0.39, 0.29) is 30.1 Å². The molecule has 10 nitrogen and oxygen atoms in total. The van der Waals surface area contributed by atoms with E-state index in [0.29, 0.717) is 12.8 Å². The van der Waals surface area contributed by atoms with E-state index in [9.17, 15) is 19.5 Å². The minimum absolute atomic E-state index is 0.102. The Bertz CT molecular complexity index is 1290. The molecule has 1 aliphatic carbocycles. The van der Waals surface area contributed by atoms with E-state index in [1.165, 1.54) is 0 Å². The van der Waals surface area contributed by atoms with Crippen LogP contribution >= 0.6 is 0 Å². The number of aliphatic carboxylic acids is 1. The first-order chi connectivity index (χ1) is 17.0. The molecule has 2 aliphatic heterocycles. The molecule has 3 heterocycles. The molecule has 10 heteroatoms. The molecule has 3 aromatic rings. The minimum Gasteiger partial charge on any atom is -0.481 e. The van der Waals surface area contributed by atoms with Gasteiger partial charge in [0, 0.05) is 18.0 Å². The summed E-state index contributed by atoms with van der Waals surface area (Å²) in [5.74, 6) is -2.28. The van der Waals surface area contributed by atoms with Crippen molar-refractivity contribution in [1.29, 1.82) is 0 Å². The van der Waals surface area contributed by atoms with Gasteiger partial charge in [-0.25, -0.2) is 9.42 Å². The predicted molar refractivity (Wildman–Crippen MR) is 122 cm³/mol. The molecule has 2 amide bonds. The molecule has 2 fully saturated rings. The summed E-state index contributed by atoms with van der Waals surface area (Å²) >= 11 is 0. The molecule has 2 bridgehead atoms. The van der Waals surface area contributed by atoms with Crippen LogP contribution < -0.4 is 5.32 Å². The van der Waals surface area contributed by atoms with Crippen molar-refractivity contribution in [3.63, 3.8) is 0 Å². The average molecular weight is 474 g/mol. The molecule has 2 N–H and O–H groups in total. The van der Waals surface area contributed by atoms with Gasteiger partial charge in [-0.1, -0.05) is 48.5 Å². The number of hydrogen-bond donors (Lipinski definition) is 2. The van der Waals surface area contributed by atoms with Crippen LogP contribution in [0.5, 0.6) is 0 Å². The smallest absolute Gasteiger partial charge is 0.412 e. The summed E-state index contributed by atoms with van der Waals surface area (Å²) in [6.07, 6.45) is 0.977. The Labute approximate surface area is 199 Å². The molecule has 2 saturated heterocycles. The fraction of sp³-hybridized carbons (Fsp3) is 0.320. The molecule has 3 atom stereocenters. The number of amides is 2. The van der Waals surface area contributed by atoms with Crippen molar-refractivity contribution in [1.82, 2.24) is 15.2 Å². The Morgan fingerprint density at radius 2 is 1.71 bits per heavy atom. The van der Waals surface area contributed by atoms with Gasteiger partial charge in [0.05, 0.1) is 5.92 Å². The number of fused-ring (bicyclic) bond motifs is 5. The van der Waals surface area contributed by atoms with E-state index in [4.69, 9.17) is 9.37 Å². The normalized spacial score (nSPS) is 22.1. The van der Waals surface area contributed by atoms with Gasteiger partial charge < -0.3 is 14.7 Å². The monoisotopic (exact) mass is 474 g/mol. The SMILES string of the molecule is O=C(Nc1nonc1C(=O)N1[C@H]2CC[C@@H]1[C@H](C(=O)O)C2)OCC1c2ccccc2-c2ccccc21. The molecule has 0 saturated carbocycles. The van der Waals surface area contributed by atoms with E-state index >= 15 is 0 Å². The van der Waals surface area contributed by atoms with Crippen LogP contribution in [0.25, 0.3) is 11.1 Å². The quantitative estimate of drug-likeness (QED) is 0.574. The lowest BCUT2D eigenvalue weighted by Crippen LogP contribution is -2.38. The van der Waals surface area contributed by atoms with Gasteiger partial charge in [-0.2, -0.15) is 0 Å². The predicted octanol–water partition coefficient (Wildman–Crippen LogP) is 3.51. The third-order valence-corrected chi connectivity index (χ3v) is 7.34. The topological polar surface area (TPSA) is 135 Å². The highest BCUT2D eigenvalue weighted by Gasteiger charge is 2.52. The van der Waals surface area contributed by atoms with Crippen molar-refractivity contribution >= 4 is 23.8 Å². The van der Waals surface area contributed by atoms with Crippen molar-refractivity contribution in [2.24, 2.45) is 5.92 Å². The van der Waals surface area contributed by atoms with Crippen LogP contribution in [-0.4, -0.2) is 57.0 Å². The van der Waals surface area contributed by atoms with Gasteiger partial charge in [0.25, 0.3) is 5.91 Å². The fourth-order valence-electron chi connectivity index (χ4n) is 5.83. The van der Waals surface area contributed by atoms with E-state index in [2.05, 4.69) is 15.6 Å². The summed E-state index contributed by atoms with van der Waals surface area (Å²) in [7, 11) is 0. The zero-order valence-electron chi connectivity index (χ0n) is 18.6. The van der Waals surface area contributed by atoms with Gasteiger partial charge in [-0.3, -0.25) is 14.9 Å². The highest BCUT2D eigenvalue weighted by molar-refractivity contribution is 6.00. The van der Waals surface area contributed by atoms with Gasteiger partial charge >= 0.3 is 12.1 Å². The number of hydrogen-bond acceptors (Lipinski definition) is 7. The maximum absolute atomic E-state index is 13.2. The van der Waals surface area contributed by atoms with Crippen LogP contribution in [0.4, 0.5) is 10.6 Å².